The Kier molecular flexibility index (Phi) is 6.99. The number of carbonyl (C=O) groups excluding carboxylic acids is 2. The third kappa shape index (κ3) is 4.76. The monoisotopic (exact) mass is 430 g/mol. The van der Waals surface area contributed by atoms with Crippen molar-refractivity contribution in [1.82, 2.24) is 10.2 Å². The molecule has 0 unspecified atom stereocenters. The summed E-state index contributed by atoms with van der Waals surface area (Å²) in [6.07, 6.45) is 1.98. The van der Waals surface area contributed by atoms with Gasteiger partial charge in [-0.25, -0.2) is 14.0 Å². The van der Waals surface area contributed by atoms with E-state index in [0.29, 0.717) is 17.0 Å². The van der Waals surface area contributed by atoms with Crippen LogP contribution in [0.3, 0.4) is 0 Å². The van der Waals surface area contributed by atoms with Crippen LogP contribution in [0.15, 0.2) is 64.7 Å². The Morgan fingerprint density at radius 1 is 1.23 bits per heavy atom. The summed E-state index contributed by atoms with van der Waals surface area (Å²) in [5.41, 5.74) is 1.02. The van der Waals surface area contributed by atoms with Crippen LogP contribution in [0.4, 0.5) is 9.18 Å². The van der Waals surface area contributed by atoms with Gasteiger partial charge in [-0.05, 0) is 55.1 Å². The quantitative estimate of drug-likeness (QED) is 0.528. The van der Waals surface area contributed by atoms with Gasteiger partial charge >= 0.3 is 12.0 Å². The highest BCUT2D eigenvalue weighted by Crippen LogP contribution is 2.32. The predicted molar refractivity (Wildman–Crippen MR) is 113 cm³/mol. The maximum absolute atomic E-state index is 13.8. The van der Waals surface area contributed by atoms with Crippen molar-refractivity contribution in [2.75, 3.05) is 26.5 Å². The minimum Gasteiger partial charge on any atom is -0.487 e. The number of halogens is 1. The minimum atomic E-state index is -0.846. The molecule has 3 rings (SSSR count). The number of likely N-dealkylation sites (N-methyl/N-ethyl adjacent to an activating group) is 1. The van der Waals surface area contributed by atoms with Gasteiger partial charge < -0.3 is 14.8 Å². The molecule has 1 aliphatic rings. The Hall–Kier alpha value is -3.00. The second-order valence-corrected chi connectivity index (χ2v) is 7.42. The van der Waals surface area contributed by atoms with E-state index in [0.717, 1.165) is 4.90 Å². The van der Waals surface area contributed by atoms with Gasteiger partial charge in [-0.2, -0.15) is 0 Å². The van der Waals surface area contributed by atoms with Crippen molar-refractivity contribution >= 4 is 23.8 Å². The highest BCUT2D eigenvalue weighted by atomic mass is 32.2. The van der Waals surface area contributed by atoms with Crippen molar-refractivity contribution in [3.63, 3.8) is 0 Å². The second-order valence-electron chi connectivity index (χ2n) is 6.54. The number of nitrogens with zero attached hydrogens (tertiary/aromatic N) is 1. The fraction of sp³-hybridized carbons (Fsp3) is 0.273. The first kappa shape index (κ1) is 21.7. The van der Waals surface area contributed by atoms with Gasteiger partial charge in [0.1, 0.15) is 18.2 Å². The molecule has 0 saturated heterocycles. The first-order chi connectivity index (χ1) is 14.4. The maximum Gasteiger partial charge on any atom is 0.338 e. The van der Waals surface area contributed by atoms with Crippen LogP contribution in [0.2, 0.25) is 0 Å². The first-order valence-corrected chi connectivity index (χ1v) is 10.6. The number of esters is 1. The average molecular weight is 431 g/mol. The molecular formula is C22H23FN2O4S. The lowest BCUT2D eigenvalue weighted by molar-refractivity contribution is -0.139. The summed E-state index contributed by atoms with van der Waals surface area (Å²) in [6.45, 7) is 1.84. The molecule has 0 saturated carbocycles. The van der Waals surface area contributed by atoms with E-state index < -0.39 is 23.9 Å². The Bertz CT molecular complexity index is 962. The van der Waals surface area contributed by atoms with Gasteiger partial charge in [0.15, 0.2) is 0 Å². The molecule has 6 nitrogen and oxygen atoms in total. The van der Waals surface area contributed by atoms with E-state index in [4.69, 9.17) is 9.47 Å². The van der Waals surface area contributed by atoms with E-state index in [1.807, 2.05) is 30.5 Å². The van der Waals surface area contributed by atoms with Crippen LogP contribution in [0.1, 0.15) is 18.5 Å². The van der Waals surface area contributed by atoms with Gasteiger partial charge in [-0.15, -0.1) is 11.8 Å². The summed E-state index contributed by atoms with van der Waals surface area (Å²) in [7, 11) is 1.55. The largest absolute Gasteiger partial charge is 0.487 e. The topological polar surface area (TPSA) is 67.9 Å². The van der Waals surface area contributed by atoms with E-state index in [2.05, 4.69) is 5.32 Å². The fourth-order valence-corrected chi connectivity index (χ4v) is 3.55. The third-order valence-corrected chi connectivity index (χ3v) is 5.43. The molecule has 2 amide bonds. The van der Waals surface area contributed by atoms with Crippen molar-refractivity contribution in [3.8, 4) is 5.75 Å². The van der Waals surface area contributed by atoms with Crippen molar-refractivity contribution in [2.45, 2.75) is 17.9 Å². The number of amides is 2. The molecule has 8 heteroatoms. The number of nitrogens with one attached hydrogen (secondary N) is 1. The molecule has 1 heterocycles. The van der Waals surface area contributed by atoms with Crippen molar-refractivity contribution < 1.29 is 23.5 Å². The lowest BCUT2D eigenvalue weighted by Crippen LogP contribution is -2.48. The Morgan fingerprint density at radius 3 is 2.60 bits per heavy atom. The van der Waals surface area contributed by atoms with Crippen LogP contribution >= 0.6 is 11.8 Å². The Morgan fingerprint density at radius 2 is 1.97 bits per heavy atom. The first-order valence-electron chi connectivity index (χ1n) is 9.41. The molecule has 2 aromatic rings. The number of carbonyl (C=O) groups is 2. The molecule has 1 N–H and O–H groups in total. The maximum atomic E-state index is 13.8. The summed E-state index contributed by atoms with van der Waals surface area (Å²) < 4.78 is 24.9. The zero-order chi connectivity index (χ0) is 21.7. The molecule has 158 valence electrons. The SMILES string of the molecule is CCOC(=O)C1=C(COc2ccc(SC)cc2)N(C)C(=O)N[C@H]1c1cccc(F)c1. The number of benzene rings is 2. The summed E-state index contributed by atoms with van der Waals surface area (Å²) in [4.78, 5) is 27.8. The zero-order valence-electron chi connectivity index (χ0n) is 17.0. The van der Waals surface area contributed by atoms with Gasteiger partial charge in [0.05, 0.1) is 23.9 Å². The number of ether oxygens (including phenoxy) is 2. The highest BCUT2D eigenvalue weighted by Gasteiger charge is 2.37. The average Bonchev–Trinajstić information content (AvgIpc) is 2.74. The molecule has 0 spiro atoms. The summed E-state index contributed by atoms with van der Waals surface area (Å²) in [5.74, 6) is -0.448. The van der Waals surface area contributed by atoms with Crippen LogP contribution in [0.25, 0.3) is 0 Å². The van der Waals surface area contributed by atoms with Crippen molar-refractivity contribution in [3.05, 3.63) is 71.2 Å². The number of urea groups is 1. The third-order valence-electron chi connectivity index (χ3n) is 4.69. The molecule has 0 fully saturated rings. The van der Waals surface area contributed by atoms with E-state index in [1.165, 1.54) is 23.1 Å². The summed E-state index contributed by atoms with van der Waals surface area (Å²) in [5, 5.41) is 2.75. The molecule has 0 bridgehead atoms. The predicted octanol–water partition coefficient (Wildman–Crippen LogP) is 4.14. The molecular weight excluding hydrogens is 407 g/mol. The van der Waals surface area contributed by atoms with Crippen LogP contribution in [0, 0.1) is 5.82 Å². The highest BCUT2D eigenvalue weighted by molar-refractivity contribution is 7.98. The molecule has 30 heavy (non-hydrogen) atoms. The summed E-state index contributed by atoms with van der Waals surface area (Å²) in [6, 6.07) is 12.0. The van der Waals surface area contributed by atoms with Crippen LogP contribution in [-0.2, 0) is 9.53 Å². The molecule has 0 radical (unpaired) electrons. The van der Waals surface area contributed by atoms with Gasteiger partial charge in [0, 0.05) is 11.9 Å². The van der Waals surface area contributed by atoms with Crippen LogP contribution < -0.4 is 10.1 Å². The van der Waals surface area contributed by atoms with Gasteiger partial charge in [0.25, 0.3) is 0 Å². The number of hydrogen-bond acceptors (Lipinski definition) is 5. The van der Waals surface area contributed by atoms with E-state index in [1.54, 1.807) is 31.8 Å². The molecule has 0 aromatic heterocycles. The molecule has 1 aliphatic heterocycles. The normalized spacial score (nSPS) is 16.3. The molecule has 1 atom stereocenters. The zero-order valence-corrected chi connectivity index (χ0v) is 17.8. The van der Waals surface area contributed by atoms with E-state index in [9.17, 15) is 14.0 Å². The van der Waals surface area contributed by atoms with E-state index >= 15 is 0 Å². The number of rotatable bonds is 7. The van der Waals surface area contributed by atoms with Crippen molar-refractivity contribution in [2.24, 2.45) is 0 Å². The van der Waals surface area contributed by atoms with Gasteiger partial charge in [-0.1, -0.05) is 12.1 Å². The van der Waals surface area contributed by atoms with Crippen LogP contribution in [0.5, 0.6) is 5.75 Å². The fourth-order valence-electron chi connectivity index (χ4n) is 3.14. The van der Waals surface area contributed by atoms with Gasteiger partial charge in [0.2, 0.25) is 0 Å². The van der Waals surface area contributed by atoms with Crippen LogP contribution in [-0.4, -0.2) is 43.4 Å². The lowest BCUT2D eigenvalue weighted by Gasteiger charge is -2.34. The second kappa shape index (κ2) is 9.67. The Balaban J connectivity index is 1.99. The molecule has 0 aliphatic carbocycles. The minimum absolute atomic E-state index is 0.0253. The molecule has 2 aromatic carbocycles. The standard InChI is InChI=1S/C22H23FN2O4S/c1-4-28-21(26)19-18(13-29-16-8-10-17(30-3)11-9-16)25(2)22(27)24-20(19)14-6-5-7-15(23)12-14/h5-12,20H,4,13H2,1-3H3,(H,24,27)/t20-/m0/s1. The smallest absolute Gasteiger partial charge is 0.338 e. The lowest BCUT2D eigenvalue weighted by atomic mass is 9.94. The van der Waals surface area contributed by atoms with Crippen molar-refractivity contribution in [1.29, 1.82) is 0 Å². The Labute approximate surface area is 179 Å². The van der Waals surface area contributed by atoms with Gasteiger partial charge in [-0.3, -0.25) is 4.90 Å². The van der Waals surface area contributed by atoms with E-state index in [-0.39, 0.29) is 18.8 Å². The number of thioether (sulfide) groups is 1. The summed E-state index contributed by atoms with van der Waals surface area (Å²) >= 11 is 1.62. The number of hydrogen-bond donors (Lipinski definition) is 1.